The summed E-state index contributed by atoms with van der Waals surface area (Å²) in [6.07, 6.45) is 4.94. The van der Waals surface area contributed by atoms with Crippen LogP contribution in [0.15, 0.2) is 36.9 Å². The van der Waals surface area contributed by atoms with Gasteiger partial charge in [0.2, 0.25) is 0 Å². The first kappa shape index (κ1) is 14.5. The molecule has 3 N–H and O–H groups in total. The highest BCUT2D eigenvalue weighted by atomic mass is 35.5. The third kappa shape index (κ3) is 2.54. The highest BCUT2D eigenvalue weighted by molar-refractivity contribution is 6.31. The molecule has 0 amide bonds. The summed E-state index contributed by atoms with van der Waals surface area (Å²) in [4.78, 5) is 8.16. The van der Waals surface area contributed by atoms with Crippen LogP contribution in [0.2, 0.25) is 5.02 Å². The van der Waals surface area contributed by atoms with Crippen LogP contribution in [-0.4, -0.2) is 24.9 Å². The van der Waals surface area contributed by atoms with Crippen molar-refractivity contribution in [3.63, 3.8) is 0 Å². The maximum absolute atomic E-state index is 10.00. The molecule has 6 nitrogen and oxygen atoms in total. The van der Waals surface area contributed by atoms with Crippen LogP contribution in [0.5, 0.6) is 5.75 Å². The van der Waals surface area contributed by atoms with Crippen LogP contribution in [0.25, 0.3) is 22.5 Å². The van der Waals surface area contributed by atoms with Crippen molar-refractivity contribution in [1.82, 2.24) is 19.7 Å². The second-order valence-corrected chi connectivity index (χ2v) is 5.22. The van der Waals surface area contributed by atoms with Crippen molar-refractivity contribution in [2.45, 2.75) is 13.6 Å². The van der Waals surface area contributed by atoms with E-state index in [0.717, 1.165) is 11.3 Å². The summed E-state index contributed by atoms with van der Waals surface area (Å²) in [6.45, 7) is 1.99. The number of halogens is 1. The molecule has 2 aromatic heterocycles. The Morgan fingerprint density at radius 2 is 2.18 bits per heavy atom. The van der Waals surface area contributed by atoms with E-state index < -0.39 is 0 Å². The molecule has 0 saturated heterocycles. The van der Waals surface area contributed by atoms with E-state index in [1.165, 1.54) is 6.33 Å². The van der Waals surface area contributed by atoms with Crippen molar-refractivity contribution in [3.05, 3.63) is 47.5 Å². The SMILES string of the molecule is Cc1c(O)cc(-c2nn(CN)cc2-c2ccncn2)cc1Cl. The number of benzene rings is 1. The van der Waals surface area contributed by atoms with E-state index in [0.29, 0.717) is 21.8 Å². The Hall–Kier alpha value is -2.44. The summed E-state index contributed by atoms with van der Waals surface area (Å²) in [5.74, 6) is 0.124. The number of rotatable bonds is 3. The molecule has 0 aliphatic heterocycles. The first-order valence-electron chi connectivity index (χ1n) is 6.63. The molecule has 0 aliphatic rings. The van der Waals surface area contributed by atoms with Gasteiger partial charge in [0.1, 0.15) is 17.8 Å². The smallest absolute Gasteiger partial charge is 0.120 e. The quantitative estimate of drug-likeness (QED) is 0.775. The average molecular weight is 316 g/mol. The number of nitrogens with zero attached hydrogens (tertiary/aromatic N) is 4. The number of hydrogen-bond acceptors (Lipinski definition) is 5. The molecule has 22 heavy (non-hydrogen) atoms. The van der Waals surface area contributed by atoms with Gasteiger partial charge in [0.25, 0.3) is 0 Å². The lowest BCUT2D eigenvalue weighted by atomic mass is 10.0. The lowest BCUT2D eigenvalue weighted by Gasteiger charge is -2.06. The molecular weight excluding hydrogens is 302 g/mol. The summed E-state index contributed by atoms with van der Waals surface area (Å²) in [5.41, 5.74) is 9.17. The van der Waals surface area contributed by atoms with Gasteiger partial charge in [-0.05, 0) is 25.1 Å². The van der Waals surface area contributed by atoms with Gasteiger partial charge in [-0.3, -0.25) is 4.68 Å². The van der Waals surface area contributed by atoms with Crippen LogP contribution in [0.1, 0.15) is 5.56 Å². The van der Waals surface area contributed by atoms with Crippen LogP contribution in [0.3, 0.4) is 0 Å². The van der Waals surface area contributed by atoms with Crippen molar-refractivity contribution in [3.8, 4) is 28.3 Å². The largest absolute Gasteiger partial charge is 0.508 e. The number of phenolic OH excluding ortho intramolecular Hbond substituents is 1. The Morgan fingerprint density at radius 3 is 2.82 bits per heavy atom. The Bertz CT molecular complexity index is 793. The summed E-state index contributed by atoms with van der Waals surface area (Å²) >= 11 is 6.16. The van der Waals surface area contributed by atoms with E-state index in [-0.39, 0.29) is 12.4 Å². The lowest BCUT2D eigenvalue weighted by molar-refractivity contribution is 0.471. The van der Waals surface area contributed by atoms with Gasteiger partial charge < -0.3 is 10.8 Å². The van der Waals surface area contributed by atoms with Crippen LogP contribution >= 0.6 is 11.6 Å². The van der Waals surface area contributed by atoms with Gasteiger partial charge in [-0.25, -0.2) is 9.97 Å². The molecule has 3 rings (SSSR count). The highest BCUT2D eigenvalue weighted by Crippen LogP contribution is 2.35. The van der Waals surface area contributed by atoms with Gasteiger partial charge in [-0.2, -0.15) is 5.10 Å². The van der Waals surface area contributed by atoms with Gasteiger partial charge >= 0.3 is 0 Å². The third-order valence-corrected chi connectivity index (χ3v) is 3.79. The summed E-state index contributed by atoms with van der Waals surface area (Å²) in [7, 11) is 0. The Kier molecular flexibility index (Phi) is 3.79. The van der Waals surface area contributed by atoms with Gasteiger partial charge in [0.15, 0.2) is 0 Å². The number of aromatic nitrogens is 4. The zero-order valence-electron chi connectivity index (χ0n) is 11.9. The first-order chi connectivity index (χ1) is 10.6. The molecule has 0 atom stereocenters. The third-order valence-electron chi connectivity index (χ3n) is 3.40. The fraction of sp³-hybridized carbons (Fsp3) is 0.133. The number of phenols is 1. The predicted molar refractivity (Wildman–Crippen MR) is 84.3 cm³/mol. The van der Waals surface area contributed by atoms with E-state index in [2.05, 4.69) is 15.1 Å². The normalized spacial score (nSPS) is 10.9. The molecule has 0 unspecified atom stereocenters. The fourth-order valence-electron chi connectivity index (χ4n) is 2.17. The zero-order valence-corrected chi connectivity index (χ0v) is 12.6. The molecule has 0 bridgehead atoms. The van der Waals surface area contributed by atoms with Gasteiger partial charge in [0, 0.05) is 34.1 Å². The van der Waals surface area contributed by atoms with Crippen molar-refractivity contribution in [1.29, 1.82) is 0 Å². The summed E-state index contributed by atoms with van der Waals surface area (Å²) in [6, 6.07) is 5.19. The summed E-state index contributed by atoms with van der Waals surface area (Å²) < 4.78 is 1.61. The van der Waals surface area contributed by atoms with E-state index >= 15 is 0 Å². The topological polar surface area (TPSA) is 89.9 Å². The number of hydrogen-bond donors (Lipinski definition) is 2. The maximum Gasteiger partial charge on any atom is 0.120 e. The zero-order chi connectivity index (χ0) is 15.7. The van der Waals surface area contributed by atoms with E-state index in [1.807, 2.05) is 6.20 Å². The molecule has 2 heterocycles. The summed E-state index contributed by atoms with van der Waals surface area (Å²) in [5, 5.41) is 14.9. The van der Waals surface area contributed by atoms with Crippen LogP contribution < -0.4 is 5.73 Å². The van der Waals surface area contributed by atoms with Crippen LogP contribution in [0.4, 0.5) is 0 Å². The molecule has 112 valence electrons. The lowest BCUT2D eigenvalue weighted by Crippen LogP contribution is -2.07. The Balaban J connectivity index is 2.21. The maximum atomic E-state index is 10.00. The minimum Gasteiger partial charge on any atom is -0.508 e. The van der Waals surface area contributed by atoms with Gasteiger partial charge in [0.05, 0.1) is 12.4 Å². The monoisotopic (exact) mass is 315 g/mol. The second-order valence-electron chi connectivity index (χ2n) is 4.81. The average Bonchev–Trinajstić information content (AvgIpc) is 2.97. The van der Waals surface area contributed by atoms with Crippen molar-refractivity contribution < 1.29 is 5.11 Å². The van der Waals surface area contributed by atoms with Gasteiger partial charge in [-0.15, -0.1) is 0 Å². The van der Waals surface area contributed by atoms with E-state index in [4.69, 9.17) is 17.3 Å². The van der Waals surface area contributed by atoms with Crippen LogP contribution in [-0.2, 0) is 6.67 Å². The molecule has 0 spiro atoms. The molecule has 0 fully saturated rings. The van der Waals surface area contributed by atoms with Crippen molar-refractivity contribution >= 4 is 11.6 Å². The van der Waals surface area contributed by atoms with Crippen LogP contribution in [0, 0.1) is 6.92 Å². The standard InChI is InChI=1S/C15H14ClN5O/c1-9-12(16)4-10(5-14(9)22)15-11(6-21(7-17)20-15)13-2-3-18-8-19-13/h2-6,8,22H,7,17H2,1H3. The molecule has 1 aromatic carbocycles. The van der Waals surface area contributed by atoms with Crippen molar-refractivity contribution in [2.75, 3.05) is 0 Å². The minimum absolute atomic E-state index is 0.124. The fourth-order valence-corrected chi connectivity index (χ4v) is 2.38. The predicted octanol–water partition coefficient (Wildman–Crippen LogP) is 2.59. The highest BCUT2D eigenvalue weighted by Gasteiger charge is 2.16. The van der Waals surface area contributed by atoms with E-state index in [9.17, 15) is 5.11 Å². The van der Waals surface area contributed by atoms with Crippen molar-refractivity contribution in [2.24, 2.45) is 5.73 Å². The Morgan fingerprint density at radius 1 is 1.36 bits per heavy atom. The molecule has 7 heteroatoms. The van der Waals surface area contributed by atoms with Gasteiger partial charge in [-0.1, -0.05) is 11.6 Å². The second kappa shape index (κ2) is 5.75. The van der Waals surface area contributed by atoms with E-state index in [1.54, 1.807) is 36.0 Å². The molecule has 3 aromatic rings. The first-order valence-corrected chi connectivity index (χ1v) is 7.01. The molecular formula is C15H14ClN5O. The number of nitrogens with two attached hydrogens (primary N) is 1. The number of aromatic hydroxyl groups is 1. The molecule has 0 saturated carbocycles. The minimum atomic E-state index is 0.124. The Labute approximate surface area is 132 Å². The molecule has 0 aliphatic carbocycles. The molecule has 0 radical (unpaired) electrons.